The van der Waals surface area contributed by atoms with Crippen LogP contribution < -0.4 is 0 Å². The lowest BCUT2D eigenvalue weighted by Gasteiger charge is -2.33. The van der Waals surface area contributed by atoms with Crippen LogP contribution in [0.15, 0.2) is 0 Å². The van der Waals surface area contributed by atoms with E-state index in [4.69, 9.17) is 15.3 Å². The Kier molecular flexibility index (Phi) is 4.09. The van der Waals surface area contributed by atoms with Gasteiger partial charge < -0.3 is 25.5 Å². The molecular formula is C7H16O5. The highest BCUT2D eigenvalue weighted by atomic mass is 16.4. The first-order valence-electron chi connectivity index (χ1n) is 3.71. The molecule has 0 aromatic heterocycles. The maximum absolute atomic E-state index is 9.39. The van der Waals surface area contributed by atoms with Gasteiger partial charge in [-0.15, -0.1) is 0 Å². The molecule has 74 valence electrons. The maximum atomic E-state index is 9.39. The van der Waals surface area contributed by atoms with Gasteiger partial charge in [-0.25, -0.2) is 0 Å². The summed E-state index contributed by atoms with van der Waals surface area (Å²) in [7, 11) is 0. The summed E-state index contributed by atoms with van der Waals surface area (Å²) < 4.78 is 0. The molecule has 0 radical (unpaired) electrons. The fraction of sp³-hybridized carbons (Fsp3) is 1.00. The van der Waals surface area contributed by atoms with Crippen LogP contribution in [0.5, 0.6) is 0 Å². The van der Waals surface area contributed by atoms with Crippen LogP contribution in [0.4, 0.5) is 0 Å². The molecule has 12 heavy (non-hydrogen) atoms. The fourth-order valence-corrected chi connectivity index (χ4v) is 0.736. The Morgan fingerprint density at radius 3 is 1.92 bits per heavy atom. The Morgan fingerprint density at radius 2 is 1.67 bits per heavy atom. The molecule has 0 aliphatic carbocycles. The largest absolute Gasteiger partial charge is 0.394 e. The zero-order valence-corrected chi connectivity index (χ0v) is 7.18. The average molecular weight is 180 g/mol. The van der Waals surface area contributed by atoms with E-state index in [0.29, 0.717) is 0 Å². The third kappa shape index (κ3) is 2.40. The van der Waals surface area contributed by atoms with Crippen molar-refractivity contribution in [2.45, 2.75) is 37.8 Å². The lowest BCUT2D eigenvalue weighted by atomic mass is 9.90. The van der Waals surface area contributed by atoms with Gasteiger partial charge in [-0.05, 0) is 13.8 Å². The Bertz CT molecular complexity index is 134. The Morgan fingerprint density at radius 1 is 1.25 bits per heavy atom. The lowest BCUT2D eigenvalue weighted by Crippen LogP contribution is -2.54. The molecule has 0 spiro atoms. The van der Waals surface area contributed by atoms with Gasteiger partial charge in [0.05, 0.1) is 12.7 Å². The molecule has 0 aromatic carbocycles. The van der Waals surface area contributed by atoms with Crippen molar-refractivity contribution < 1.29 is 25.5 Å². The molecule has 0 fully saturated rings. The second-order valence-electron chi connectivity index (χ2n) is 3.10. The first-order valence-corrected chi connectivity index (χ1v) is 3.71. The van der Waals surface area contributed by atoms with Crippen molar-refractivity contribution in [1.82, 2.24) is 0 Å². The molecule has 5 N–H and O–H groups in total. The number of aliphatic hydroxyl groups is 5. The molecule has 5 heteroatoms. The third-order valence-electron chi connectivity index (χ3n) is 2.00. The van der Waals surface area contributed by atoms with Gasteiger partial charge in [-0.2, -0.15) is 0 Å². The molecule has 0 aliphatic heterocycles. The van der Waals surface area contributed by atoms with E-state index in [1.165, 1.54) is 13.8 Å². The molecular weight excluding hydrogens is 164 g/mol. The zero-order chi connectivity index (χ0) is 9.94. The van der Waals surface area contributed by atoms with Crippen LogP contribution in [-0.2, 0) is 0 Å². The number of aliphatic hydroxyl groups excluding tert-OH is 4. The van der Waals surface area contributed by atoms with Crippen LogP contribution in [0.25, 0.3) is 0 Å². The zero-order valence-electron chi connectivity index (χ0n) is 7.18. The van der Waals surface area contributed by atoms with Gasteiger partial charge in [0.15, 0.2) is 0 Å². The predicted molar refractivity (Wildman–Crippen MR) is 41.4 cm³/mol. The second kappa shape index (κ2) is 4.15. The molecule has 0 heterocycles. The summed E-state index contributed by atoms with van der Waals surface area (Å²) in [5.41, 5.74) is -1.82. The Balaban J connectivity index is 4.34. The number of rotatable bonds is 4. The van der Waals surface area contributed by atoms with E-state index in [-0.39, 0.29) is 0 Å². The van der Waals surface area contributed by atoms with E-state index in [0.717, 1.165) is 0 Å². The lowest BCUT2D eigenvalue weighted by molar-refractivity contribution is -0.168. The third-order valence-corrected chi connectivity index (χ3v) is 2.00. The minimum absolute atomic E-state index is 0.663. The minimum Gasteiger partial charge on any atom is -0.394 e. The maximum Gasteiger partial charge on any atom is 0.116 e. The monoisotopic (exact) mass is 180 g/mol. The van der Waals surface area contributed by atoms with Crippen molar-refractivity contribution in [3.8, 4) is 0 Å². The van der Waals surface area contributed by atoms with Crippen LogP contribution in [0.1, 0.15) is 13.8 Å². The number of hydrogen-bond acceptors (Lipinski definition) is 5. The quantitative estimate of drug-likeness (QED) is 0.339. The van der Waals surface area contributed by atoms with Gasteiger partial charge in [-0.1, -0.05) is 0 Å². The van der Waals surface area contributed by atoms with Crippen molar-refractivity contribution in [2.24, 2.45) is 0 Å². The second-order valence-corrected chi connectivity index (χ2v) is 3.10. The van der Waals surface area contributed by atoms with Gasteiger partial charge in [-0.3, -0.25) is 0 Å². The summed E-state index contributed by atoms with van der Waals surface area (Å²) in [5, 5.41) is 45.0. The fourth-order valence-electron chi connectivity index (χ4n) is 0.736. The average Bonchev–Trinajstić information content (AvgIpc) is 2.01. The highest BCUT2D eigenvalue weighted by molar-refractivity contribution is 4.90. The van der Waals surface area contributed by atoms with E-state index in [1.54, 1.807) is 0 Å². The first-order chi connectivity index (χ1) is 5.34. The molecule has 5 nitrogen and oxygen atoms in total. The summed E-state index contributed by atoms with van der Waals surface area (Å²) in [4.78, 5) is 0. The summed E-state index contributed by atoms with van der Waals surface area (Å²) in [5.74, 6) is 0. The van der Waals surface area contributed by atoms with E-state index in [1.807, 2.05) is 0 Å². The van der Waals surface area contributed by atoms with Gasteiger partial charge in [0, 0.05) is 0 Å². The summed E-state index contributed by atoms with van der Waals surface area (Å²) in [6.45, 7) is 1.80. The van der Waals surface area contributed by atoms with Crippen molar-refractivity contribution in [3.63, 3.8) is 0 Å². The Labute approximate surface area is 70.9 Å². The van der Waals surface area contributed by atoms with Gasteiger partial charge in [0.25, 0.3) is 0 Å². The molecule has 0 aliphatic rings. The van der Waals surface area contributed by atoms with Crippen LogP contribution in [0, 0.1) is 0 Å². The minimum atomic E-state index is -1.82. The van der Waals surface area contributed by atoms with Gasteiger partial charge >= 0.3 is 0 Å². The summed E-state index contributed by atoms with van der Waals surface area (Å²) in [6, 6.07) is 0. The molecule has 0 bridgehead atoms. The summed E-state index contributed by atoms with van der Waals surface area (Å²) >= 11 is 0. The topological polar surface area (TPSA) is 101 Å². The standard InChI is InChI=1S/C7H16O5/c1-4(9)7(2,12)6(11)5(10)3-8/h4-6,8-12H,3H2,1-2H3. The highest BCUT2D eigenvalue weighted by Gasteiger charge is 2.39. The molecule has 4 unspecified atom stereocenters. The van der Waals surface area contributed by atoms with E-state index in [2.05, 4.69) is 0 Å². The molecule has 4 atom stereocenters. The van der Waals surface area contributed by atoms with E-state index >= 15 is 0 Å². The van der Waals surface area contributed by atoms with Crippen LogP contribution >= 0.6 is 0 Å². The highest BCUT2D eigenvalue weighted by Crippen LogP contribution is 2.17. The van der Waals surface area contributed by atoms with E-state index in [9.17, 15) is 10.2 Å². The normalized spacial score (nSPS) is 24.2. The van der Waals surface area contributed by atoms with Crippen LogP contribution in [0.3, 0.4) is 0 Å². The summed E-state index contributed by atoms with van der Waals surface area (Å²) in [6.07, 6.45) is -4.20. The predicted octanol–water partition coefficient (Wildman–Crippen LogP) is -2.17. The smallest absolute Gasteiger partial charge is 0.116 e. The van der Waals surface area contributed by atoms with Crippen molar-refractivity contribution >= 4 is 0 Å². The van der Waals surface area contributed by atoms with Crippen molar-refractivity contribution in [1.29, 1.82) is 0 Å². The molecule has 0 amide bonds. The number of hydrogen-bond donors (Lipinski definition) is 5. The van der Waals surface area contributed by atoms with Crippen LogP contribution in [-0.4, -0.2) is 56.1 Å². The molecule has 0 aromatic rings. The van der Waals surface area contributed by atoms with Gasteiger partial charge in [0.2, 0.25) is 0 Å². The van der Waals surface area contributed by atoms with Crippen molar-refractivity contribution in [3.05, 3.63) is 0 Å². The molecule has 0 saturated carbocycles. The van der Waals surface area contributed by atoms with Crippen molar-refractivity contribution in [2.75, 3.05) is 6.61 Å². The van der Waals surface area contributed by atoms with Crippen LogP contribution in [0.2, 0.25) is 0 Å². The molecule has 0 saturated heterocycles. The first kappa shape index (κ1) is 11.8. The SMILES string of the molecule is CC(O)C(C)(O)C(O)C(O)CO. The molecule has 0 rings (SSSR count). The van der Waals surface area contributed by atoms with Gasteiger partial charge in [0.1, 0.15) is 17.8 Å². The van der Waals surface area contributed by atoms with E-state index < -0.39 is 30.5 Å². The Hall–Kier alpha value is -0.200.